The van der Waals surface area contributed by atoms with E-state index in [1.807, 2.05) is 24.3 Å². The summed E-state index contributed by atoms with van der Waals surface area (Å²) in [5.41, 5.74) is 1.99. The van der Waals surface area contributed by atoms with Gasteiger partial charge in [-0.1, -0.05) is 45.0 Å². The molecule has 0 aliphatic heterocycles. The van der Waals surface area contributed by atoms with Gasteiger partial charge in [-0.3, -0.25) is 4.55 Å². The van der Waals surface area contributed by atoms with E-state index in [0.717, 1.165) is 11.0 Å². The van der Waals surface area contributed by atoms with Crippen LogP contribution < -0.4 is 0 Å². The lowest BCUT2D eigenvalue weighted by molar-refractivity contribution is 0.494. The first-order valence-corrected chi connectivity index (χ1v) is 6.45. The Morgan fingerprint density at radius 3 is 2.00 bits per heavy atom. The van der Waals surface area contributed by atoms with Crippen LogP contribution in [0, 0.1) is 0 Å². The smallest absolute Gasteiger partial charge is 0.282 e. The molecule has 0 aromatic heterocycles. The van der Waals surface area contributed by atoms with Crippen LogP contribution in [0.2, 0.25) is 0 Å². The second-order valence-electron chi connectivity index (χ2n) is 4.69. The van der Waals surface area contributed by atoms with Gasteiger partial charge in [0, 0.05) is 0 Å². The average Bonchev–Trinajstić information content (AvgIpc) is 2.13. The molecule has 1 rings (SSSR count). The van der Waals surface area contributed by atoms with Gasteiger partial charge in [0.1, 0.15) is 0 Å². The van der Waals surface area contributed by atoms with Gasteiger partial charge in [0.05, 0.1) is 5.41 Å². The predicted octanol–water partition coefficient (Wildman–Crippen LogP) is 2.84. The summed E-state index contributed by atoms with van der Waals surface area (Å²) in [7, 11) is -4.04. The first-order chi connectivity index (χ1) is 7.18. The summed E-state index contributed by atoms with van der Waals surface area (Å²) in [6.07, 6.45) is 1.36. The van der Waals surface area contributed by atoms with Gasteiger partial charge < -0.3 is 0 Å². The number of hydrogen-bond acceptors (Lipinski definition) is 2. The minimum atomic E-state index is -4.04. The van der Waals surface area contributed by atoms with Gasteiger partial charge in [-0.25, -0.2) is 0 Å². The van der Waals surface area contributed by atoms with Crippen molar-refractivity contribution in [3.63, 3.8) is 0 Å². The fraction of sp³-hybridized carbons (Fsp3) is 0.333. The van der Waals surface area contributed by atoms with Crippen molar-refractivity contribution >= 4 is 16.2 Å². The van der Waals surface area contributed by atoms with Crippen LogP contribution in [-0.2, 0) is 15.5 Å². The molecule has 0 aliphatic rings. The molecule has 16 heavy (non-hydrogen) atoms. The Kier molecular flexibility index (Phi) is 3.55. The monoisotopic (exact) mass is 240 g/mol. The molecule has 0 spiro atoms. The number of hydrogen-bond donors (Lipinski definition) is 1. The SMILES string of the molecule is CC(C)(C)c1ccc(/C=C/S(=O)(=O)O)cc1. The molecule has 3 nitrogen and oxygen atoms in total. The Bertz CT molecular complexity index is 476. The Morgan fingerprint density at radius 2 is 1.62 bits per heavy atom. The highest BCUT2D eigenvalue weighted by atomic mass is 32.2. The predicted molar refractivity (Wildman–Crippen MR) is 65.7 cm³/mol. The molecule has 1 aromatic rings. The van der Waals surface area contributed by atoms with Crippen LogP contribution in [0.5, 0.6) is 0 Å². The summed E-state index contributed by atoms with van der Waals surface area (Å²) in [4.78, 5) is 0. The largest absolute Gasteiger partial charge is 0.287 e. The second-order valence-corrected chi connectivity index (χ2v) is 5.99. The zero-order chi connectivity index (χ0) is 12.4. The van der Waals surface area contributed by atoms with Crippen molar-refractivity contribution in [1.29, 1.82) is 0 Å². The molecular weight excluding hydrogens is 224 g/mol. The fourth-order valence-electron chi connectivity index (χ4n) is 1.26. The Hall–Kier alpha value is -1.13. The quantitative estimate of drug-likeness (QED) is 0.809. The van der Waals surface area contributed by atoms with E-state index in [1.54, 1.807) is 0 Å². The van der Waals surface area contributed by atoms with E-state index in [1.165, 1.54) is 11.6 Å². The normalized spacial score (nSPS) is 13.2. The van der Waals surface area contributed by atoms with Crippen molar-refractivity contribution in [3.8, 4) is 0 Å². The molecule has 88 valence electrons. The van der Waals surface area contributed by atoms with Crippen LogP contribution in [0.4, 0.5) is 0 Å². The first kappa shape index (κ1) is 12.9. The summed E-state index contributed by atoms with van der Waals surface area (Å²) in [6.45, 7) is 6.32. The average molecular weight is 240 g/mol. The highest BCUT2D eigenvalue weighted by Gasteiger charge is 2.12. The van der Waals surface area contributed by atoms with Crippen LogP contribution in [0.25, 0.3) is 6.08 Å². The molecule has 0 saturated heterocycles. The maximum atomic E-state index is 10.5. The van der Waals surface area contributed by atoms with Gasteiger partial charge >= 0.3 is 0 Å². The molecule has 0 heterocycles. The molecule has 0 saturated carbocycles. The summed E-state index contributed by atoms with van der Waals surface area (Å²) >= 11 is 0. The maximum Gasteiger partial charge on any atom is 0.287 e. The van der Waals surface area contributed by atoms with Crippen molar-refractivity contribution in [1.82, 2.24) is 0 Å². The van der Waals surface area contributed by atoms with Crippen LogP contribution in [0.1, 0.15) is 31.9 Å². The molecule has 1 aromatic carbocycles. The molecule has 0 amide bonds. The van der Waals surface area contributed by atoms with Gasteiger partial charge in [0.2, 0.25) is 0 Å². The standard InChI is InChI=1S/C12H16O3S/c1-12(2,3)11-6-4-10(5-7-11)8-9-16(13,14)15/h4-9H,1-3H3,(H,13,14,15)/b9-8+. The second kappa shape index (κ2) is 4.39. The maximum absolute atomic E-state index is 10.5. The van der Waals surface area contributed by atoms with Crippen LogP contribution in [0.3, 0.4) is 0 Å². The minimum Gasteiger partial charge on any atom is -0.282 e. The lowest BCUT2D eigenvalue weighted by Gasteiger charge is -2.18. The fourth-order valence-corrected chi connectivity index (χ4v) is 1.59. The first-order valence-electron chi connectivity index (χ1n) is 4.94. The minimum absolute atomic E-state index is 0.0747. The van der Waals surface area contributed by atoms with E-state index in [2.05, 4.69) is 20.8 Å². The van der Waals surface area contributed by atoms with Gasteiger partial charge in [-0.15, -0.1) is 0 Å². The van der Waals surface area contributed by atoms with E-state index < -0.39 is 10.1 Å². The molecule has 0 fully saturated rings. The molecule has 1 N–H and O–H groups in total. The third-order valence-corrected chi connectivity index (χ3v) is 2.69. The van der Waals surface area contributed by atoms with E-state index in [4.69, 9.17) is 4.55 Å². The Labute approximate surface area is 96.6 Å². The number of benzene rings is 1. The Balaban J connectivity index is 2.93. The van der Waals surface area contributed by atoms with Crippen LogP contribution >= 0.6 is 0 Å². The third kappa shape index (κ3) is 4.16. The summed E-state index contributed by atoms with van der Waals surface area (Å²) in [5.74, 6) is 0. The zero-order valence-corrected chi connectivity index (χ0v) is 10.5. The van der Waals surface area contributed by atoms with E-state index in [0.29, 0.717) is 0 Å². The van der Waals surface area contributed by atoms with E-state index in [9.17, 15) is 8.42 Å². The van der Waals surface area contributed by atoms with Gasteiger partial charge in [-0.2, -0.15) is 8.42 Å². The summed E-state index contributed by atoms with van der Waals surface area (Å²) < 4.78 is 29.5. The summed E-state index contributed by atoms with van der Waals surface area (Å²) in [6, 6.07) is 7.54. The van der Waals surface area contributed by atoms with E-state index in [-0.39, 0.29) is 5.41 Å². The lowest BCUT2D eigenvalue weighted by atomic mass is 9.87. The van der Waals surface area contributed by atoms with Crippen molar-refractivity contribution in [2.45, 2.75) is 26.2 Å². The third-order valence-electron chi connectivity index (χ3n) is 2.21. The molecule has 0 atom stereocenters. The molecule has 4 heteroatoms. The molecule has 0 aliphatic carbocycles. The van der Waals surface area contributed by atoms with Crippen molar-refractivity contribution in [3.05, 3.63) is 40.8 Å². The number of rotatable bonds is 2. The molecule has 0 radical (unpaired) electrons. The van der Waals surface area contributed by atoms with Crippen LogP contribution in [-0.4, -0.2) is 13.0 Å². The van der Waals surface area contributed by atoms with Gasteiger partial charge in [0.15, 0.2) is 0 Å². The van der Waals surface area contributed by atoms with Gasteiger partial charge in [0.25, 0.3) is 10.1 Å². The highest BCUT2D eigenvalue weighted by Crippen LogP contribution is 2.22. The van der Waals surface area contributed by atoms with Crippen molar-refractivity contribution in [2.75, 3.05) is 0 Å². The highest BCUT2D eigenvalue weighted by molar-refractivity contribution is 7.88. The van der Waals surface area contributed by atoms with E-state index >= 15 is 0 Å². The van der Waals surface area contributed by atoms with Crippen molar-refractivity contribution in [2.24, 2.45) is 0 Å². The zero-order valence-electron chi connectivity index (χ0n) is 9.64. The summed E-state index contributed by atoms with van der Waals surface area (Å²) in [5, 5.41) is 0.777. The van der Waals surface area contributed by atoms with Crippen molar-refractivity contribution < 1.29 is 13.0 Å². The Morgan fingerprint density at radius 1 is 1.12 bits per heavy atom. The molecule has 0 unspecified atom stereocenters. The van der Waals surface area contributed by atoms with Gasteiger partial charge in [-0.05, 0) is 22.6 Å². The topological polar surface area (TPSA) is 54.4 Å². The van der Waals surface area contributed by atoms with Crippen LogP contribution in [0.15, 0.2) is 29.7 Å². The molecular formula is C12H16O3S. The molecule has 0 bridgehead atoms. The lowest BCUT2D eigenvalue weighted by Crippen LogP contribution is -2.10.